The van der Waals surface area contributed by atoms with Gasteiger partial charge in [-0.1, -0.05) is 0 Å². The first-order valence-corrected chi connectivity index (χ1v) is 6.50. The molecule has 0 bridgehead atoms. The Labute approximate surface area is 113 Å². The van der Waals surface area contributed by atoms with Crippen molar-refractivity contribution in [1.82, 2.24) is 14.1 Å². The molecule has 0 aliphatic carbocycles. The van der Waals surface area contributed by atoms with E-state index in [0.717, 1.165) is 15.3 Å². The molecule has 0 saturated carbocycles. The quantitative estimate of drug-likeness (QED) is 0.770. The maximum absolute atomic E-state index is 12.0. The van der Waals surface area contributed by atoms with E-state index in [1.165, 1.54) is 36.1 Å². The number of ketones is 1. The molecule has 19 heavy (non-hydrogen) atoms. The molecule has 0 N–H and O–H groups in total. The van der Waals surface area contributed by atoms with E-state index in [1.807, 2.05) is 12.3 Å². The van der Waals surface area contributed by atoms with E-state index in [0.29, 0.717) is 0 Å². The predicted octanol–water partition coefficient (Wildman–Crippen LogP) is 0.563. The molecule has 0 saturated heterocycles. The highest BCUT2D eigenvalue weighted by molar-refractivity contribution is 7.09. The number of carbonyl (C=O) groups is 1. The van der Waals surface area contributed by atoms with Crippen molar-refractivity contribution in [2.75, 3.05) is 0 Å². The molecule has 0 unspecified atom stereocenters. The van der Waals surface area contributed by atoms with Gasteiger partial charge in [-0.2, -0.15) is 0 Å². The zero-order chi connectivity index (χ0) is 14.2. The lowest BCUT2D eigenvalue weighted by atomic mass is 10.2. The van der Waals surface area contributed by atoms with E-state index < -0.39 is 11.2 Å². The number of Topliss-reactive ketones (excluding diaryl/α,β-unsaturated/α-hetero) is 1. The zero-order valence-corrected chi connectivity index (χ0v) is 11.7. The minimum Gasteiger partial charge on any atom is -0.294 e. The number of hydrogen-bond donors (Lipinski definition) is 0. The Bertz CT molecular complexity index is 754. The van der Waals surface area contributed by atoms with Gasteiger partial charge in [0.05, 0.1) is 22.8 Å². The molecule has 0 amide bonds. The maximum Gasteiger partial charge on any atom is 0.331 e. The standard InChI is InChI=1S/C12H13N3O3S/c1-7(16)10-5-15(12(18)14(3)11(10)17)4-9-6-19-8(2)13-9/h5-6H,4H2,1-3H3. The topological polar surface area (TPSA) is 74.0 Å². The number of thiazole rings is 1. The fourth-order valence-electron chi connectivity index (χ4n) is 1.74. The van der Waals surface area contributed by atoms with Crippen LogP contribution in [0.3, 0.4) is 0 Å². The Kier molecular flexibility index (Phi) is 3.48. The Balaban J connectivity index is 2.55. The Morgan fingerprint density at radius 1 is 1.42 bits per heavy atom. The Morgan fingerprint density at radius 3 is 2.63 bits per heavy atom. The van der Waals surface area contributed by atoms with Gasteiger partial charge in [0.1, 0.15) is 0 Å². The predicted molar refractivity (Wildman–Crippen MR) is 71.9 cm³/mol. The van der Waals surface area contributed by atoms with Gasteiger partial charge in [-0.3, -0.25) is 18.7 Å². The molecule has 0 radical (unpaired) electrons. The molecule has 6 nitrogen and oxygen atoms in total. The number of nitrogens with zero attached hydrogens (tertiary/aromatic N) is 3. The van der Waals surface area contributed by atoms with Gasteiger partial charge in [-0.25, -0.2) is 9.78 Å². The monoisotopic (exact) mass is 279 g/mol. The van der Waals surface area contributed by atoms with Crippen LogP contribution < -0.4 is 11.2 Å². The third kappa shape index (κ3) is 2.55. The van der Waals surface area contributed by atoms with E-state index in [1.54, 1.807) is 0 Å². The average Bonchev–Trinajstić information content (AvgIpc) is 2.75. The molecule has 2 aromatic heterocycles. The van der Waals surface area contributed by atoms with Crippen LogP contribution in [0.15, 0.2) is 21.2 Å². The van der Waals surface area contributed by atoms with Gasteiger partial charge >= 0.3 is 5.69 Å². The van der Waals surface area contributed by atoms with Crippen LogP contribution in [0.25, 0.3) is 0 Å². The molecule has 2 heterocycles. The first kappa shape index (κ1) is 13.4. The molecule has 0 fully saturated rings. The van der Waals surface area contributed by atoms with E-state index >= 15 is 0 Å². The number of aryl methyl sites for hydroxylation is 1. The summed E-state index contributed by atoms with van der Waals surface area (Å²) in [6.45, 7) is 3.43. The molecular weight excluding hydrogens is 266 g/mol. The van der Waals surface area contributed by atoms with E-state index in [2.05, 4.69) is 4.98 Å². The van der Waals surface area contributed by atoms with Crippen molar-refractivity contribution < 1.29 is 4.79 Å². The summed E-state index contributed by atoms with van der Waals surface area (Å²) in [7, 11) is 1.36. The van der Waals surface area contributed by atoms with Crippen LogP contribution in [0.2, 0.25) is 0 Å². The number of carbonyl (C=O) groups excluding carboxylic acids is 1. The van der Waals surface area contributed by atoms with Crippen molar-refractivity contribution in [3.63, 3.8) is 0 Å². The summed E-state index contributed by atoms with van der Waals surface area (Å²) in [5, 5.41) is 2.75. The molecule has 0 atom stereocenters. The molecule has 0 spiro atoms. The van der Waals surface area contributed by atoms with Crippen LogP contribution in [0.1, 0.15) is 28.0 Å². The summed E-state index contributed by atoms with van der Waals surface area (Å²) >= 11 is 1.49. The van der Waals surface area contributed by atoms with E-state index in [4.69, 9.17) is 0 Å². The molecular formula is C12H13N3O3S. The largest absolute Gasteiger partial charge is 0.331 e. The van der Waals surface area contributed by atoms with E-state index in [9.17, 15) is 14.4 Å². The van der Waals surface area contributed by atoms with Gasteiger partial charge in [0.15, 0.2) is 5.78 Å². The van der Waals surface area contributed by atoms with E-state index in [-0.39, 0.29) is 17.9 Å². The minimum absolute atomic E-state index is 0.00838. The number of hydrogen-bond acceptors (Lipinski definition) is 5. The van der Waals surface area contributed by atoms with Crippen LogP contribution in [-0.2, 0) is 13.6 Å². The highest BCUT2D eigenvalue weighted by atomic mass is 32.1. The summed E-state index contributed by atoms with van der Waals surface area (Å²) < 4.78 is 2.27. The molecule has 0 aliphatic heterocycles. The fourth-order valence-corrected chi connectivity index (χ4v) is 2.34. The summed E-state index contributed by atoms with van der Waals surface area (Å²) in [4.78, 5) is 39.4. The highest BCUT2D eigenvalue weighted by Gasteiger charge is 2.13. The zero-order valence-electron chi connectivity index (χ0n) is 10.8. The molecule has 0 aromatic carbocycles. The second-order valence-electron chi connectivity index (χ2n) is 4.23. The minimum atomic E-state index is -0.566. The van der Waals surface area contributed by atoms with Crippen molar-refractivity contribution in [2.24, 2.45) is 7.05 Å². The van der Waals surface area contributed by atoms with Crippen LogP contribution in [0, 0.1) is 6.92 Å². The Morgan fingerprint density at radius 2 is 2.11 bits per heavy atom. The van der Waals surface area contributed by atoms with Crippen LogP contribution in [0.4, 0.5) is 0 Å². The highest BCUT2D eigenvalue weighted by Crippen LogP contribution is 2.08. The summed E-state index contributed by atoms with van der Waals surface area (Å²) in [6, 6.07) is 0. The van der Waals surface area contributed by atoms with Gasteiger partial charge in [0.2, 0.25) is 0 Å². The van der Waals surface area contributed by atoms with Crippen molar-refractivity contribution in [2.45, 2.75) is 20.4 Å². The smallest absolute Gasteiger partial charge is 0.294 e. The van der Waals surface area contributed by atoms with Crippen LogP contribution in [-0.4, -0.2) is 19.9 Å². The fraction of sp³-hybridized carbons (Fsp3) is 0.333. The van der Waals surface area contributed by atoms with Crippen LogP contribution >= 0.6 is 11.3 Å². The van der Waals surface area contributed by atoms with Crippen molar-refractivity contribution >= 4 is 17.1 Å². The van der Waals surface area contributed by atoms with Gasteiger partial charge in [-0.05, 0) is 13.8 Å². The van der Waals surface area contributed by atoms with Gasteiger partial charge in [-0.15, -0.1) is 11.3 Å². The number of rotatable bonds is 3. The van der Waals surface area contributed by atoms with Gasteiger partial charge < -0.3 is 0 Å². The molecule has 2 rings (SSSR count). The maximum atomic E-state index is 12.0. The van der Waals surface area contributed by atoms with Gasteiger partial charge in [0.25, 0.3) is 5.56 Å². The van der Waals surface area contributed by atoms with Gasteiger partial charge in [0, 0.05) is 18.6 Å². The number of aromatic nitrogens is 3. The van der Waals surface area contributed by atoms with Crippen molar-refractivity contribution in [3.05, 3.63) is 48.7 Å². The SMILES string of the molecule is CC(=O)c1cn(Cc2csc(C)n2)c(=O)n(C)c1=O. The first-order valence-electron chi connectivity index (χ1n) is 5.62. The molecule has 0 aliphatic rings. The lowest BCUT2D eigenvalue weighted by Gasteiger charge is -2.07. The molecule has 7 heteroatoms. The second kappa shape index (κ2) is 4.93. The van der Waals surface area contributed by atoms with Crippen molar-refractivity contribution in [3.8, 4) is 0 Å². The third-order valence-corrected chi connectivity index (χ3v) is 3.55. The molecule has 100 valence electrons. The molecule has 2 aromatic rings. The lowest BCUT2D eigenvalue weighted by Crippen LogP contribution is -2.40. The van der Waals surface area contributed by atoms with Crippen molar-refractivity contribution in [1.29, 1.82) is 0 Å². The second-order valence-corrected chi connectivity index (χ2v) is 5.29. The Hall–Kier alpha value is -2.02. The third-order valence-electron chi connectivity index (χ3n) is 2.73. The summed E-state index contributed by atoms with van der Waals surface area (Å²) in [5.41, 5.74) is -0.282. The van der Waals surface area contributed by atoms with Crippen LogP contribution in [0.5, 0.6) is 0 Å². The summed E-state index contributed by atoms with van der Waals surface area (Å²) in [6.07, 6.45) is 1.31. The lowest BCUT2D eigenvalue weighted by molar-refractivity contribution is 0.101. The average molecular weight is 279 g/mol. The normalized spacial score (nSPS) is 10.7. The summed E-state index contributed by atoms with van der Waals surface area (Å²) in [5.74, 6) is -0.358. The first-order chi connectivity index (χ1) is 8.90.